The van der Waals surface area contributed by atoms with E-state index in [2.05, 4.69) is 0 Å². The number of hydrogen-bond donors (Lipinski definition) is 1. The fourth-order valence-electron chi connectivity index (χ4n) is 4.67. The van der Waals surface area contributed by atoms with Gasteiger partial charge in [-0.15, -0.1) is 0 Å². The van der Waals surface area contributed by atoms with Crippen LogP contribution < -0.4 is 5.73 Å². The molecule has 0 bridgehead atoms. The van der Waals surface area contributed by atoms with Crippen molar-refractivity contribution in [2.45, 2.75) is 32.8 Å². The van der Waals surface area contributed by atoms with Crippen molar-refractivity contribution in [2.75, 3.05) is 7.11 Å². The summed E-state index contributed by atoms with van der Waals surface area (Å²) in [5.74, 6) is -6.17. The zero-order valence-corrected chi connectivity index (χ0v) is 20.4. The number of nitrogens with zero attached hydrogens (tertiary/aromatic N) is 5. The van der Waals surface area contributed by atoms with Crippen LogP contribution in [0.4, 0.5) is 5.69 Å². The quantitative estimate of drug-likeness (QED) is 0.341. The molecule has 0 amide bonds. The summed E-state index contributed by atoms with van der Waals surface area (Å²) in [7, 11) is 1.08. The molecule has 0 saturated carbocycles. The van der Waals surface area contributed by atoms with Gasteiger partial charge in [0.05, 0.1) is 64.9 Å². The Morgan fingerprint density at radius 1 is 1.14 bits per heavy atom. The van der Waals surface area contributed by atoms with Crippen LogP contribution in [-0.4, -0.2) is 35.0 Å². The third-order valence-electron chi connectivity index (χ3n) is 6.09. The second-order valence-corrected chi connectivity index (χ2v) is 8.45. The number of nitro benzene ring substituents is 1. The highest BCUT2D eigenvalue weighted by Crippen LogP contribution is 2.53. The highest BCUT2D eigenvalue weighted by Gasteiger charge is 2.52. The minimum Gasteiger partial charge on any atom is -0.466 e. The minimum atomic E-state index is -1.45. The Morgan fingerprint density at radius 2 is 1.76 bits per heavy atom. The van der Waals surface area contributed by atoms with Crippen LogP contribution in [0, 0.1) is 55.9 Å². The lowest BCUT2D eigenvalue weighted by atomic mass is 9.75. The second kappa shape index (κ2) is 10.2. The third kappa shape index (κ3) is 4.24. The molecule has 1 aromatic carbocycles. The first-order valence-corrected chi connectivity index (χ1v) is 11.0. The molecule has 0 aromatic heterocycles. The topological polar surface area (TPSA) is 196 Å². The largest absolute Gasteiger partial charge is 0.466 e. The van der Waals surface area contributed by atoms with Gasteiger partial charge in [-0.25, -0.2) is 9.59 Å². The molecular weight excluding hydrogens is 480 g/mol. The normalized spacial score (nSPS) is 18.8. The standard InChI is InChI=1S/C25H22N6O6/c1-12(2)37-25(33)18-13(3)30-22(19(14(9-26)10-27)16(11-28)23(30)29)21(24(32)36-4)20(18)15-7-5-6-8-17(15)31(34)35/h5-8,12,14,19-20H,29H2,1-4H3/t19-,20-/m1/s1. The molecular formula is C25H22N6O6. The van der Waals surface area contributed by atoms with Gasteiger partial charge < -0.3 is 20.1 Å². The molecule has 0 unspecified atom stereocenters. The zero-order valence-electron chi connectivity index (χ0n) is 20.4. The summed E-state index contributed by atoms with van der Waals surface area (Å²) in [5, 5.41) is 41.2. The number of nitrogens with two attached hydrogens (primary N) is 1. The van der Waals surface area contributed by atoms with Gasteiger partial charge in [-0.05, 0) is 20.8 Å². The molecule has 3 rings (SSSR count). The number of rotatable bonds is 6. The average Bonchev–Trinajstić information content (AvgIpc) is 3.15. The molecule has 188 valence electrons. The van der Waals surface area contributed by atoms with Gasteiger partial charge in [0.1, 0.15) is 11.7 Å². The SMILES string of the molecule is COC(=O)C1=C2[C@H](C(C#N)C#N)C(C#N)=C(N)N2C(C)=C(C(=O)OC(C)C)[C@H]1c1ccccc1[N+](=O)[O-]. The number of benzene rings is 1. The van der Waals surface area contributed by atoms with Crippen molar-refractivity contribution in [2.24, 2.45) is 17.6 Å². The number of allylic oxidation sites excluding steroid dienone is 2. The van der Waals surface area contributed by atoms with Gasteiger partial charge in [-0.2, -0.15) is 15.8 Å². The molecule has 12 heteroatoms. The van der Waals surface area contributed by atoms with Gasteiger partial charge in [-0.1, -0.05) is 18.2 Å². The summed E-state index contributed by atoms with van der Waals surface area (Å²) in [5.41, 5.74) is 5.39. The van der Waals surface area contributed by atoms with E-state index >= 15 is 0 Å². The maximum atomic E-state index is 13.4. The maximum absolute atomic E-state index is 13.4. The summed E-state index contributed by atoms with van der Waals surface area (Å²) in [6.45, 7) is 4.69. The van der Waals surface area contributed by atoms with Gasteiger partial charge in [0.2, 0.25) is 0 Å². The number of nitro groups is 1. The smallest absolute Gasteiger partial charge is 0.337 e. The van der Waals surface area contributed by atoms with Crippen molar-refractivity contribution in [3.05, 3.63) is 73.9 Å². The van der Waals surface area contributed by atoms with Crippen molar-refractivity contribution in [3.8, 4) is 18.2 Å². The number of ether oxygens (including phenoxy) is 2. The van der Waals surface area contributed by atoms with Crippen molar-refractivity contribution >= 4 is 17.6 Å². The lowest BCUT2D eigenvalue weighted by Crippen LogP contribution is -2.37. The van der Waals surface area contributed by atoms with Crippen LogP contribution >= 0.6 is 0 Å². The molecule has 12 nitrogen and oxygen atoms in total. The van der Waals surface area contributed by atoms with Crippen LogP contribution in [-0.2, 0) is 19.1 Å². The van der Waals surface area contributed by atoms with E-state index in [1.165, 1.54) is 36.1 Å². The van der Waals surface area contributed by atoms with Crippen molar-refractivity contribution in [1.82, 2.24) is 4.90 Å². The summed E-state index contributed by atoms with van der Waals surface area (Å²) < 4.78 is 10.5. The third-order valence-corrected chi connectivity index (χ3v) is 6.09. The number of fused-ring (bicyclic) bond motifs is 1. The number of hydrogen-bond acceptors (Lipinski definition) is 11. The van der Waals surface area contributed by atoms with Crippen molar-refractivity contribution in [1.29, 1.82) is 15.8 Å². The number of esters is 2. The van der Waals surface area contributed by atoms with Crippen LogP contribution in [0.5, 0.6) is 0 Å². The molecule has 1 aromatic rings. The second-order valence-electron chi connectivity index (χ2n) is 8.45. The Morgan fingerprint density at radius 3 is 2.27 bits per heavy atom. The number of para-hydroxylation sites is 1. The Bertz CT molecular complexity index is 1400. The molecule has 0 spiro atoms. The summed E-state index contributed by atoms with van der Waals surface area (Å²) >= 11 is 0. The lowest BCUT2D eigenvalue weighted by Gasteiger charge is -2.37. The molecule has 2 atom stereocenters. The predicted octanol–water partition coefficient (Wildman–Crippen LogP) is 2.63. The molecule has 0 aliphatic carbocycles. The molecule has 2 N–H and O–H groups in total. The van der Waals surface area contributed by atoms with Crippen molar-refractivity contribution in [3.63, 3.8) is 0 Å². The van der Waals surface area contributed by atoms with E-state index < -0.39 is 46.4 Å². The van der Waals surface area contributed by atoms with E-state index in [4.69, 9.17) is 15.2 Å². The minimum absolute atomic E-state index is 0.0247. The predicted molar refractivity (Wildman–Crippen MR) is 126 cm³/mol. The fourth-order valence-corrected chi connectivity index (χ4v) is 4.67. The average molecular weight is 502 g/mol. The van der Waals surface area contributed by atoms with Gasteiger partial charge in [0, 0.05) is 23.0 Å². The molecule has 37 heavy (non-hydrogen) atoms. The zero-order chi connectivity index (χ0) is 27.6. The van der Waals surface area contributed by atoms with Gasteiger partial charge >= 0.3 is 11.9 Å². The van der Waals surface area contributed by atoms with Crippen molar-refractivity contribution < 1.29 is 24.0 Å². The fraction of sp³-hybridized carbons (Fsp3) is 0.320. The maximum Gasteiger partial charge on any atom is 0.337 e. The highest BCUT2D eigenvalue weighted by molar-refractivity contribution is 6.01. The van der Waals surface area contributed by atoms with Crippen LogP contribution in [0.2, 0.25) is 0 Å². The van der Waals surface area contributed by atoms with E-state index in [-0.39, 0.29) is 39.5 Å². The van der Waals surface area contributed by atoms with E-state index in [0.717, 1.165) is 7.11 Å². The first-order chi connectivity index (χ1) is 17.5. The molecule has 0 fully saturated rings. The number of methoxy groups -OCH3 is 1. The summed E-state index contributed by atoms with van der Waals surface area (Å²) in [4.78, 5) is 39.3. The van der Waals surface area contributed by atoms with E-state index in [1.807, 2.05) is 18.2 Å². The van der Waals surface area contributed by atoms with E-state index in [1.54, 1.807) is 13.8 Å². The lowest BCUT2D eigenvalue weighted by molar-refractivity contribution is -0.385. The number of carbonyl (C=O) groups excluding carboxylic acids is 2. The van der Waals surface area contributed by atoms with Crippen LogP contribution in [0.1, 0.15) is 32.3 Å². The molecule has 0 radical (unpaired) electrons. The van der Waals surface area contributed by atoms with Crippen LogP contribution in [0.3, 0.4) is 0 Å². The van der Waals surface area contributed by atoms with Gasteiger partial charge in [0.15, 0.2) is 0 Å². The first kappa shape index (κ1) is 26.5. The Hall–Kier alpha value is -5.15. The molecule has 0 saturated heterocycles. The first-order valence-electron chi connectivity index (χ1n) is 11.0. The molecule has 2 aliphatic rings. The Kier molecular flexibility index (Phi) is 7.31. The summed E-state index contributed by atoms with van der Waals surface area (Å²) in [6, 6.07) is 11.1. The number of nitriles is 3. The highest BCUT2D eigenvalue weighted by atomic mass is 16.6. The van der Waals surface area contributed by atoms with Gasteiger partial charge in [-0.3, -0.25) is 10.1 Å². The molecule has 2 aliphatic heterocycles. The summed E-state index contributed by atoms with van der Waals surface area (Å²) in [6.07, 6.45) is -0.582. The number of carbonyl (C=O) groups is 2. The van der Waals surface area contributed by atoms with E-state index in [9.17, 15) is 35.5 Å². The Balaban J connectivity index is 2.54. The van der Waals surface area contributed by atoms with E-state index in [0.29, 0.717) is 0 Å². The van der Waals surface area contributed by atoms with Crippen LogP contribution in [0.25, 0.3) is 0 Å². The monoisotopic (exact) mass is 502 g/mol. The Labute approximate surface area is 212 Å². The molecule has 2 heterocycles. The van der Waals surface area contributed by atoms with Gasteiger partial charge in [0.25, 0.3) is 5.69 Å². The van der Waals surface area contributed by atoms with Crippen LogP contribution in [0.15, 0.2) is 58.2 Å².